The molecule has 3 heterocycles. The van der Waals surface area contributed by atoms with Crippen molar-refractivity contribution in [3.8, 4) is 0 Å². The Morgan fingerprint density at radius 2 is 2.19 bits per heavy atom. The smallest absolute Gasteiger partial charge is 0.112 e. The molecule has 2 aromatic heterocycles. The van der Waals surface area contributed by atoms with Gasteiger partial charge in [0.2, 0.25) is 0 Å². The lowest BCUT2D eigenvalue weighted by molar-refractivity contribution is 0.438. The Kier molecular flexibility index (Phi) is 2.36. The maximum atomic E-state index is 4.71. The summed E-state index contributed by atoms with van der Waals surface area (Å²) in [6.45, 7) is 2.21. The minimum Gasteiger partial charge on any atom is -0.331 e. The Hall–Kier alpha value is -1.42. The number of hydrogen-bond donors (Lipinski definition) is 1. The lowest BCUT2D eigenvalue weighted by Gasteiger charge is -2.22. The second-order valence-corrected chi connectivity index (χ2v) is 4.42. The predicted molar refractivity (Wildman–Crippen MR) is 63.4 cm³/mol. The van der Waals surface area contributed by atoms with Gasteiger partial charge in [-0.2, -0.15) is 0 Å². The fourth-order valence-electron chi connectivity index (χ4n) is 2.52. The van der Waals surface area contributed by atoms with Gasteiger partial charge < -0.3 is 9.88 Å². The number of imidazole rings is 1. The van der Waals surface area contributed by atoms with E-state index < -0.39 is 0 Å². The Morgan fingerprint density at radius 3 is 2.94 bits per heavy atom. The van der Waals surface area contributed by atoms with Crippen LogP contribution in [0.15, 0.2) is 18.5 Å². The van der Waals surface area contributed by atoms with Gasteiger partial charge in [-0.15, -0.1) is 0 Å². The summed E-state index contributed by atoms with van der Waals surface area (Å²) >= 11 is 0. The quantitative estimate of drug-likeness (QED) is 0.784. The molecule has 0 aliphatic carbocycles. The lowest BCUT2D eigenvalue weighted by atomic mass is 9.97. The predicted octanol–water partition coefficient (Wildman–Crippen LogP) is 1.44. The molecule has 0 atom stereocenters. The van der Waals surface area contributed by atoms with Gasteiger partial charge in [-0.05, 0) is 32.0 Å². The van der Waals surface area contributed by atoms with Crippen LogP contribution in [0.5, 0.6) is 0 Å². The number of rotatable bonds is 1. The number of fused-ring (bicyclic) bond motifs is 1. The van der Waals surface area contributed by atoms with E-state index >= 15 is 0 Å². The largest absolute Gasteiger partial charge is 0.331 e. The highest BCUT2D eigenvalue weighted by Gasteiger charge is 2.20. The standard InChI is InChI=1S/C12H16N4/c1-16-11-4-7-14-8-10(11)15-12(16)9-2-5-13-6-3-9/h4,7-9,13H,2-3,5-6H2,1H3. The first kappa shape index (κ1) is 9.78. The van der Waals surface area contributed by atoms with Crippen molar-refractivity contribution in [2.45, 2.75) is 18.8 Å². The number of piperidine rings is 1. The summed E-state index contributed by atoms with van der Waals surface area (Å²) < 4.78 is 2.22. The highest BCUT2D eigenvalue weighted by Crippen LogP contribution is 2.26. The first-order chi connectivity index (χ1) is 7.86. The van der Waals surface area contributed by atoms with E-state index in [1.807, 2.05) is 18.5 Å². The van der Waals surface area contributed by atoms with E-state index in [0.717, 1.165) is 18.6 Å². The van der Waals surface area contributed by atoms with Gasteiger partial charge in [0.25, 0.3) is 0 Å². The minimum atomic E-state index is 0.596. The van der Waals surface area contributed by atoms with E-state index in [2.05, 4.69) is 21.9 Å². The Bertz CT molecular complexity index is 497. The maximum absolute atomic E-state index is 4.71. The fraction of sp³-hybridized carbons (Fsp3) is 0.500. The van der Waals surface area contributed by atoms with Crippen LogP contribution in [0.25, 0.3) is 11.0 Å². The van der Waals surface area contributed by atoms with Gasteiger partial charge >= 0.3 is 0 Å². The Balaban J connectivity index is 2.05. The molecular formula is C12H16N4. The van der Waals surface area contributed by atoms with Gasteiger partial charge in [0, 0.05) is 19.2 Å². The molecule has 0 amide bonds. The van der Waals surface area contributed by atoms with E-state index in [-0.39, 0.29) is 0 Å². The zero-order chi connectivity index (χ0) is 11.0. The van der Waals surface area contributed by atoms with Crippen LogP contribution >= 0.6 is 0 Å². The van der Waals surface area contributed by atoms with Crippen LogP contribution in [0.4, 0.5) is 0 Å². The van der Waals surface area contributed by atoms with Crippen LogP contribution in [-0.2, 0) is 7.05 Å². The minimum absolute atomic E-state index is 0.596. The average Bonchev–Trinajstić information content (AvgIpc) is 2.69. The fourth-order valence-corrected chi connectivity index (χ4v) is 2.52. The Labute approximate surface area is 94.7 Å². The normalized spacial score (nSPS) is 18.1. The molecule has 16 heavy (non-hydrogen) atoms. The summed E-state index contributed by atoms with van der Waals surface area (Å²) in [5.41, 5.74) is 2.20. The van der Waals surface area contributed by atoms with Crippen molar-refractivity contribution in [1.82, 2.24) is 19.9 Å². The summed E-state index contributed by atoms with van der Waals surface area (Å²) in [6, 6.07) is 2.03. The highest BCUT2D eigenvalue weighted by molar-refractivity contribution is 5.74. The lowest BCUT2D eigenvalue weighted by Crippen LogP contribution is -2.27. The number of nitrogens with zero attached hydrogens (tertiary/aromatic N) is 3. The molecule has 84 valence electrons. The van der Waals surface area contributed by atoms with E-state index in [4.69, 9.17) is 4.98 Å². The zero-order valence-corrected chi connectivity index (χ0v) is 9.48. The molecule has 0 bridgehead atoms. The van der Waals surface area contributed by atoms with E-state index in [9.17, 15) is 0 Å². The number of hydrogen-bond acceptors (Lipinski definition) is 3. The van der Waals surface area contributed by atoms with Crippen molar-refractivity contribution in [3.63, 3.8) is 0 Å². The molecule has 1 aliphatic rings. The van der Waals surface area contributed by atoms with Crippen LogP contribution in [-0.4, -0.2) is 27.6 Å². The Morgan fingerprint density at radius 1 is 1.38 bits per heavy atom. The summed E-state index contributed by atoms with van der Waals surface area (Å²) in [5.74, 6) is 1.81. The molecule has 1 fully saturated rings. The van der Waals surface area contributed by atoms with Gasteiger partial charge in [0.15, 0.2) is 0 Å². The summed E-state index contributed by atoms with van der Waals surface area (Å²) in [7, 11) is 2.10. The van der Waals surface area contributed by atoms with Crippen LogP contribution < -0.4 is 5.32 Å². The molecule has 0 spiro atoms. The molecule has 0 aromatic carbocycles. The second kappa shape index (κ2) is 3.87. The molecule has 1 saturated heterocycles. The summed E-state index contributed by atoms with van der Waals surface area (Å²) in [5, 5.41) is 3.39. The van der Waals surface area contributed by atoms with Crippen molar-refractivity contribution >= 4 is 11.0 Å². The number of aryl methyl sites for hydroxylation is 1. The third-order valence-electron chi connectivity index (χ3n) is 3.42. The topological polar surface area (TPSA) is 42.7 Å². The van der Waals surface area contributed by atoms with E-state index in [1.165, 1.54) is 24.2 Å². The molecule has 0 saturated carbocycles. The SMILES string of the molecule is Cn1c(C2CCNCC2)nc2cnccc21. The van der Waals surface area contributed by atoms with Gasteiger partial charge in [-0.1, -0.05) is 0 Å². The second-order valence-electron chi connectivity index (χ2n) is 4.42. The number of aromatic nitrogens is 3. The summed E-state index contributed by atoms with van der Waals surface area (Å²) in [4.78, 5) is 8.83. The van der Waals surface area contributed by atoms with Crippen molar-refractivity contribution < 1.29 is 0 Å². The molecule has 0 unspecified atom stereocenters. The zero-order valence-electron chi connectivity index (χ0n) is 9.48. The van der Waals surface area contributed by atoms with E-state index in [0.29, 0.717) is 5.92 Å². The monoisotopic (exact) mass is 216 g/mol. The molecular weight excluding hydrogens is 200 g/mol. The van der Waals surface area contributed by atoms with Crippen molar-refractivity contribution in [2.75, 3.05) is 13.1 Å². The van der Waals surface area contributed by atoms with Crippen molar-refractivity contribution in [3.05, 3.63) is 24.3 Å². The molecule has 4 heteroatoms. The maximum Gasteiger partial charge on any atom is 0.112 e. The molecule has 3 rings (SSSR count). The highest BCUT2D eigenvalue weighted by atomic mass is 15.1. The average molecular weight is 216 g/mol. The van der Waals surface area contributed by atoms with Crippen molar-refractivity contribution in [2.24, 2.45) is 7.05 Å². The number of pyridine rings is 1. The van der Waals surface area contributed by atoms with Crippen LogP contribution in [0, 0.1) is 0 Å². The summed E-state index contributed by atoms with van der Waals surface area (Å²) in [6.07, 6.45) is 6.05. The van der Waals surface area contributed by atoms with Gasteiger partial charge in [0.05, 0.1) is 11.7 Å². The molecule has 2 aromatic rings. The third-order valence-corrected chi connectivity index (χ3v) is 3.42. The van der Waals surface area contributed by atoms with Gasteiger partial charge in [0.1, 0.15) is 11.3 Å². The van der Waals surface area contributed by atoms with Crippen LogP contribution in [0.1, 0.15) is 24.6 Å². The van der Waals surface area contributed by atoms with Gasteiger partial charge in [-0.3, -0.25) is 4.98 Å². The van der Waals surface area contributed by atoms with Crippen LogP contribution in [0.2, 0.25) is 0 Å². The molecule has 1 aliphatic heterocycles. The third kappa shape index (κ3) is 1.50. The first-order valence-corrected chi connectivity index (χ1v) is 5.83. The first-order valence-electron chi connectivity index (χ1n) is 5.83. The van der Waals surface area contributed by atoms with Gasteiger partial charge in [-0.25, -0.2) is 4.98 Å². The van der Waals surface area contributed by atoms with E-state index in [1.54, 1.807) is 0 Å². The van der Waals surface area contributed by atoms with Crippen LogP contribution in [0.3, 0.4) is 0 Å². The molecule has 4 nitrogen and oxygen atoms in total. The number of nitrogens with one attached hydrogen (secondary N) is 1. The molecule has 1 N–H and O–H groups in total. The molecule has 0 radical (unpaired) electrons. The van der Waals surface area contributed by atoms with Crippen molar-refractivity contribution in [1.29, 1.82) is 0 Å².